The lowest BCUT2D eigenvalue weighted by molar-refractivity contribution is 0.632. The van der Waals surface area contributed by atoms with Crippen LogP contribution in [0, 0.1) is 5.92 Å². The fraction of sp³-hybridized carbons (Fsp3) is 0.133. The molecule has 0 aliphatic heterocycles. The number of para-hydroxylation sites is 2. The molecular formula is C45H35IN2O. The zero-order valence-corrected chi connectivity index (χ0v) is 29.4. The molecule has 7 aromatic rings. The third-order valence-electron chi connectivity index (χ3n) is 10.3. The van der Waals surface area contributed by atoms with Crippen LogP contribution in [-0.4, -0.2) is 8.29 Å². The molecule has 5 aromatic carbocycles. The number of hydrogen-bond donors (Lipinski definition) is 0. The van der Waals surface area contributed by atoms with Crippen molar-refractivity contribution < 1.29 is 4.42 Å². The quantitative estimate of drug-likeness (QED) is 0.123. The molecule has 3 atom stereocenters. The highest BCUT2D eigenvalue weighted by Gasteiger charge is 2.31. The van der Waals surface area contributed by atoms with Crippen LogP contribution in [0.3, 0.4) is 0 Å². The van der Waals surface area contributed by atoms with Crippen LogP contribution in [0.5, 0.6) is 0 Å². The van der Waals surface area contributed by atoms with Crippen LogP contribution in [0.4, 0.5) is 0 Å². The van der Waals surface area contributed by atoms with Gasteiger partial charge in [0.2, 0.25) is 0 Å². The minimum atomic E-state index is 0.174. The maximum absolute atomic E-state index is 6.54. The first-order valence-corrected chi connectivity index (χ1v) is 18.2. The number of furan rings is 1. The van der Waals surface area contributed by atoms with E-state index in [9.17, 15) is 0 Å². The van der Waals surface area contributed by atoms with Crippen LogP contribution < -0.4 is 0 Å². The smallest absolute Gasteiger partial charge is 0.139 e. The summed E-state index contributed by atoms with van der Waals surface area (Å²) in [7, 11) is 0. The minimum absolute atomic E-state index is 0.174. The molecular weight excluding hydrogens is 711 g/mol. The van der Waals surface area contributed by atoms with Crippen molar-refractivity contribution in [3.8, 4) is 16.8 Å². The lowest BCUT2D eigenvalue weighted by Crippen LogP contribution is -2.12. The summed E-state index contributed by atoms with van der Waals surface area (Å²) in [5, 5.41) is 3.65. The second kappa shape index (κ2) is 12.5. The summed E-state index contributed by atoms with van der Waals surface area (Å²) in [6.07, 6.45) is 14.5. The van der Waals surface area contributed by atoms with Gasteiger partial charge in [0.15, 0.2) is 0 Å². The van der Waals surface area contributed by atoms with Crippen LogP contribution >= 0.6 is 22.6 Å². The van der Waals surface area contributed by atoms with Crippen molar-refractivity contribution in [1.29, 1.82) is 0 Å². The predicted molar refractivity (Wildman–Crippen MR) is 214 cm³/mol. The molecule has 0 saturated carbocycles. The van der Waals surface area contributed by atoms with Gasteiger partial charge >= 0.3 is 0 Å². The van der Waals surface area contributed by atoms with Crippen LogP contribution in [0.2, 0.25) is 0 Å². The van der Waals surface area contributed by atoms with Crippen molar-refractivity contribution in [2.24, 2.45) is 10.9 Å². The van der Waals surface area contributed by atoms with E-state index >= 15 is 0 Å². The molecule has 2 heterocycles. The van der Waals surface area contributed by atoms with Gasteiger partial charge in [-0.15, -0.1) is 0 Å². The molecule has 3 nitrogen and oxygen atoms in total. The van der Waals surface area contributed by atoms with Gasteiger partial charge in [0.25, 0.3) is 0 Å². The van der Waals surface area contributed by atoms with Crippen LogP contribution in [0.15, 0.2) is 155 Å². The van der Waals surface area contributed by atoms with Gasteiger partial charge in [0, 0.05) is 39.2 Å². The molecule has 3 unspecified atom stereocenters. The highest BCUT2D eigenvalue weighted by molar-refractivity contribution is 14.1. The van der Waals surface area contributed by atoms with Crippen molar-refractivity contribution in [1.82, 2.24) is 4.57 Å². The van der Waals surface area contributed by atoms with Crippen molar-refractivity contribution >= 4 is 65.2 Å². The number of rotatable bonds is 6. The Morgan fingerprint density at radius 2 is 1.61 bits per heavy atom. The molecule has 0 N–H and O–H groups in total. The maximum atomic E-state index is 6.54. The normalized spacial score (nSPS) is 18.9. The van der Waals surface area contributed by atoms with E-state index in [2.05, 4.69) is 180 Å². The van der Waals surface area contributed by atoms with E-state index in [0.29, 0.717) is 12.5 Å². The summed E-state index contributed by atoms with van der Waals surface area (Å²) in [6.45, 7) is 3.07. The Hall–Kier alpha value is -4.94. The number of allylic oxidation sites excluding steroid dienone is 5. The molecule has 0 spiro atoms. The highest BCUT2D eigenvalue weighted by atomic mass is 127. The molecule has 0 bridgehead atoms. The predicted octanol–water partition coefficient (Wildman–Crippen LogP) is 12.6. The lowest BCUT2D eigenvalue weighted by Gasteiger charge is -2.26. The van der Waals surface area contributed by atoms with Gasteiger partial charge in [0.05, 0.1) is 21.5 Å². The topological polar surface area (TPSA) is 30.4 Å². The Balaban J connectivity index is 1.14. The summed E-state index contributed by atoms with van der Waals surface area (Å²) >= 11 is 2.41. The third kappa shape index (κ3) is 5.30. The Labute approximate surface area is 300 Å². The Bertz CT molecular complexity index is 2480. The Kier molecular flexibility index (Phi) is 7.69. The third-order valence-corrected chi connectivity index (χ3v) is 11.4. The molecule has 2 aromatic heterocycles. The molecule has 0 fully saturated rings. The fourth-order valence-electron chi connectivity index (χ4n) is 7.80. The van der Waals surface area contributed by atoms with E-state index in [0.717, 1.165) is 27.0 Å². The van der Waals surface area contributed by atoms with Crippen LogP contribution in [-0.2, 0) is 6.54 Å². The second-order valence-electron chi connectivity index (χ2n) is 13.2. The number of halogens is 1. The minimum Gasteiger partial charge on any atom is -0.456 e. The van der Waals surface area contributed by atoms with E-state index in [4.69, 9.17) is 9.41 Å². The monoisotopic (exact) mass is 746 g/mol. The molecule has 9 rings (SSSR count). The van der Waals surface area contributed by atoms with Gasteiger partial charge in [-0.3, -0.25) is 4.99 Å². The average molecular weight is 747 g/mol. The van der Waals surface area contributed by atoms with Gasteiger partial charge < -0.3 is 8.98 Å². The maximum Gasteiger partial charge on any atom is 0.139 e. The van der Waals surface area contributed by atoms with Crippen molar-refractivity contribution in [3.05, 3.63) is 168 Å². The summed E-state index contributed by atoms with van der Waals surface area (Å²) < 4.78 is 10.1. The number of hydrogen-bond acceptors (Lipinski definition) is 2. The summed E-state index contributed by atoms with van der Waals surface area (Å²) in [4.78, 5) is 4.94. The highest BCUT2D eigenvalue weighted by Crippen LogP contribution is 2.48. The largest absolute Gasteiger partial charge is 0.456 e. The van der Waals surface area contributed by atoms with Crippen molar-refractivity contribution in [3.63, 3.8) is 0 Å². The zero-order valence-electron chi connectivity index (χ0n) is 27.3. The van der Waals surface area contributed by atoms with E-state index in [1.807, 2.05) is 6.07 Å². The molecule has 49 heavy (non-hydrogen) atoms. The van der Waals surface area contributed by atoms with Gasteiger partial charge in [0.1, 0.15) is 11.2 Å². The van der Waals surface area contributed by atoms with E-state index in [1.54, 1.807) is 0 Å². The first kappa shape index (κ1) is 30.1. The van der Waals surface area contributed by atoms with Crippen molar-refractivity contribution in [2.45, 2.75) is 31.7 Å². The van der Waals surface area contributed by atoms with E-state index in [-0.39, 0.29) is 11.8 Å². The number of fused-ring (bicyclic) bond motifs is 6. The molecule has 0 amide bonds. The van der Waals surface area contributed by atoms with Gasteiger partial charge in [-0.25, -0.2) is 0 Å². The van der Waals surface area contributed by atoms with Gasteiger partial charge in [-0.05, 0) is 93.6 Å². The summed E-state index contributed by atoms with van der Waals surface area (Å²) in [5.41, 5.74) is 11.9. The number of aromatic nitrogens is 1. The van der Waals surface area contributed by atoms with Crippen LogP contribution in [0.25, 0.3) is 55.7 Å². The Morgan fingerprint density at radius 3 is 2.45 bits per heavy atom. The fourth-order valence-corrected chi connectivity index (χ4v) is 8.44. The molecule has 2 aliphatic rings. The first-order chi connectivity index (χ1) is 24.1. The molecule has 0 radical (unpaired) electrons. The molecule has 238 valence electrons. The molecule has 2 aliphatic carbocycles. The summed E-state index contributed by atoms with van der Waals surface area (Å²) in [5.74, 6) is 0.793. The number of benzene rings is 5. The molecule has 0 saturated heterocycles. The van der Waals surface area contributed by atoms with Crippen molar-refractivity contribution in [2.75, 3.05) is 0 Å². The number of aliphatic imine (C=N–C) groups is 1. The standard InChI is InChI=1S/C45H35IN2O/c1-29-35(37-16-10-17-38-36-15-8-9-18-42(36)49-44(37)38)24-26-41-43(29)39-27-33(31-11-4-2-5-12-31)21-25-40(39)48(41)34-22-19-30(20-23-34)28-47-45(46)32-13-6-3-7-14-32/h2-13,15-27,29,32,35H,14,28H2,1H3. The summed E-state index contributed by atoms with van der Waals surface area (Å²) in [6, 6.07) is 41.6. The second-order valence-corrected chi connectivity index (χ2v) is 14.3. The number of nitrogens with zero attached hydrogens (tertiary/aromatic N) is 2. The SMILES string of the molecule is CC1c2c(n(-c3ccc(CN=C(I)C4C=CC=CC4)cc3)c3ccc(-c4ccccc4)cc23)C=CC1c1cccc2c1oc1ccccc12. The van der Waals surface area contributed by atoms with Crippen LogP contribution in [0.1, 0.15) is 47.6 Å². The van der Waals surface area contributed by atoms with E-state index < -0.39 is 0 Å². The average Bonchev–Trinajstić information content (AvgIpc) is 3.71. The van der Waals surface area contributed by atoms with Gasteiger partial charge in [-0.1, -0.05) is 122 Å². The van der Waals surface area contributed by atoms with Gasteiger partial charge in [-0.2, -0.15) is 0 Å². The first-order valence-electron chi connectivity index (χ1n) is 17.1. The van der Waals surface area contributed by atoms with E-state index in [1.165, 1.54) is 55.2 Å². The zero-order chi connectivity index (χ0) is 32.9. The molecule has 4 heteroatoms. The Morgan fingerprint density at radius 1 is 0.796 bits per heavy atom. The lowest BCUT2D eigenvalue weighted by atomic mass is 9.77.